The van der Waals surface area contributed by atoms with Gasteiger partial charge in [-0.05, 0) is 54.2 Å². The van der Waals surface area contributed by atoms with Crippen LogP contribution in [0, 0.1) is 0 Å². The van der Waals surface area contributed by atoms with Crippen LogP contribution in [-0.2, 0) is 41.6 Å². The molecule has 11 nitrogen and oxygen atoms in total. The molecule has 1 fully saturated rings. The molecule has 2 heterocycles. The summed E-state index contributed by atoms with van der Waals surface area (Å²) in [6, 6.07) is 18.3. The first-order valence-electron chi connectivity index (χ1n) is 15.8. The molecule has 46 heavy (non-hydrogen) atoms. The number of para-hydroxylation sites is 1. The van der Waals surface area contributed by atoms with Gasteiger partial charge in [0.05, 0.1) is 6.61 Å². The van der Waals surface area contributed by atoms with Crippen molar-refractivity contribution >= 4 is 46.1 Å². The van der Waals surface area contributed by atoms with Gasteiger partial charge in [0.25, 0.3) is 0 Å². The zero-order valence-corrected chi connectivity index (χ0v) is 26.2. The van der Waals surface area contributed by atoms with E-state index in [1.54, 1.807) is 11.8 Å². The predicted octanol–water partition coefficient (Wildman–Crippen LogP) is 2.23. The van der Waals surface area contributed by atoms with E-state index in [1.165, 1.54) is 11.8 Å². The van der Waals surface area contributed by atoms with Crippen LogP contribution in [0.4, 0.5) is 5.69 Å². The topological polar surface area (TPSA) is 151 Å². The van der Waals surface area contributed by atoms with E-state index in [4.69, 9.17) is 10.5 Å². The Kier molecular flexibility index (Phi) is 10.3. The lowest BCUT2D eigenvalue weighted by Gasteiger charge is -2.29. The Morgan fingerprint density at radius 3 is 2.52 bits per heavy atom. The third-order valence-electron chi connectivity index (χ3n) is 8.55. The Bertz CT molecular complexity index is 1630. The minimum absolute atomic E-state index is 0.0503. The van der Waals surface area contributed by atoms with Gasteiger partial charge >= 0.3 is 5.97 Å². The van der Waals surface area contributed by atoms with Gasteiger partial charge in [0.15, 0.2) is 0 Å². The lowest BCUT2D eigenvalue weighted by molar-refractivity contribution is -0.153. The van der Waals surface area contributed by atoms with Crippen LogP contribution in [0.15, 0.2) is 66.7 Å². The molecular weight excluding hydrogens is 586 g/mol. The number of nitrogens with one attached hydrogen (secondary N) is 2. The van der Waals surface area contributed by atoms with Crippen molar-refractivity contribution in [2.45, 2.75) is 70.1 Å². The number of amides is 4. The second kappa shape index (κ2) is 14.6. The van der Waals surface area contributed by atoms with Gasteiger partial charge < -0.3 is 30.9 Å². The molecule has 0 bridgehead atoms. The summed E-state index contributed by atoms with van der Waals surface area (Å²) in [7, 11) is 0. The van der Waals surface area contributed by atoms with E-state index in [-0.39, 0.29) is 50.8 Å². The zero-order valence-electron chi connectivity index (χ0n) is 26.2. The normalized spacial score (nSPS) is 20.1. The van der Waals surface area contributed by atoms with Crippen LogP contribution in [-0.4, -0.2) is 78.4 Å². The Morgan fingerprint density at radius 2 is 1.76 bits per heavy atom. The molecule has 1 unspecified atom stereocenters. The van der Waals surface area contributed by atoms with Crippen molar-refractivity contribution in [1.82, 2.24) is 15.5 Å². The highest BCUT2D eigenvalue weighted by atomic mass is 16.5. The Hall–Kier alpha value is -4.77. The van der Waals surface area contributed by atoms with Crippen LogP contribution in [0.3, 0.4) is 0 Å². The second-order valence-corrected chi connectivity index (χ2v) is 11.9. The van der Waals surface area contributed by atoms with Crippen molar-refractivity contribution in [3.8, 4) is 0 Å². The van der Waals surface area contributed by atoms with Gasteiger partial charge in [0.1, 0.15) is 18.1 Å². The largest absolute Gasteiger partial charge is 0.464 e. The van der Waals surface area contributed by atoms with E-state index in [9.17, 15) is 24.0 Å². The number of carbonyl (C=O) groups is 5. The first kappa shape index (κ1) is 32.6. The first-order valence-corrected chi connectivity index (χ1v) is 15.8. The Morgan fingerprint density at radius 1 is 1.02 bits per heavy atom. The van der Waals surface area contributed by atoms with Crippen LogP contribution in [0.2, 0.25) is 0 Å². The van der Waals surface area contributed by atoms with Crippen molar-refractivity contribution in [1.29, 1.82) is 0 Å². The number of hydrogen-bond donors (Lipinski definition) is 3. The number of nitrogens with zero attached hydrogens (tertiary/aromatic N) is 2. The van der Waals surface area contributed by atoms with E-state index in [0.29, 0.717) is 18.5 Å². The SMILES string of the molecule is CCOC(=O)[C@@H]1C[C@H](N)CN1C(=O)[C@@H](Cc1ccc2ccccc2c1)NC(=O)CCN1C(=O)C(NC(C)=O)CCc2ccccc21. The van der Waals surface area contributed by atoms with Crippen molar-refractivity contribution in [3.63, 3.8) is 0 Å². The fourth-order valence-electron chi connectivity index (χ4n) is 6.38. The fraction of sp³-hybridized carbons (Fsp3) is 0.400. The summed E-state index contributed by atoms with van der Waals surface area (Å²) < 4.78 is 5.23. The molecule has 0 aromatic heterocycles. The zero-order chi connectivity index (χ0) is 32.8. The van der Waals surface area contributed by atoms with E-state index >= 15 is 0 Å². The van der Waals surface area contributed by atoms with E-state index < -0.39 is 42.0 Å². The molecule has 5 rings (SSSR count). The quantitative estimate of drug-likeness (QED) is 0.292. The molecule has 0 radical (unpaired) electrons. The molecule has 4 atom stereocenters. The molecule has 0 aliphatic carbocycles. The van der Waals surface area contributed by atoms with E-state index in [2.05, 4.69) is 10.6 Å². The molecule has 0 spiro atoms. The third kappa shape index (κ3) is 7.54. The molecule has 0 saturated carbocycles. The van der Waals surface area contributed by atoms with Gasteiger partial charge in [0, 0.05) is 44.6 Å². The van der Waals surface area contributed by atoms with Crippen LogP contribution >= 0.6 is 0 Å². The highest BCUT2D eigenvalue weighted by molar-refractivity contribution is 6.01. The van der Waals surface area contributed by atoms with Crippen molar-refractivity contribution in [2.75, 3.05) is 24.6 Å². The number of nitrogens with two attached hydrogens (primary N) is 1. The molecule has 11 heteroatoms. The molecule has 3 aromatic carbocycles. The number of fused-ring (bicyclic) bond motifs is 2. The van der Waals surface area contributed by atoms with E-state index in [0.717, 1.165) is 21.9 Å². The summed E-state index contributed by atoms with van der Waals surface area (Å²) in [4.78, 5) is 68.7. The number of aryl methyl sites for hydroxylation is 1. The van der Waals surface area contributed by atoms with Gasteiger partial charge in [-0.15, -0.1) is 0 Å². The maximum absolute atomic E-state index is 14.1. The van der Waals surface area contributed by atoms with Gasteiger partial charge in [-0.3, -0.25) is 19.2 Å². The monoisotopic (exact) mass is 627 g/mol. The first-order chi connectivity index (χ1) is 22.1. The average molecular weight is 628 g/mol. The standard InChI is InChI=1S/C35H41N5O6/c1-3-46-35(45)31-20-27(36)21-40(31)34(44)29(19-23-12-13-24-8-4-5-10-26(24)18-23)38-32(42)16-17-39-30-11-7-6-9-25(30)14-15-28(33(39)43)37-22(2)41/h4-13,18,27-29,31H,3,14-17,19-21,36H2,1-2H3,(H,37,41)(H,38,42)/t27-,28?,29+,31-/m0/s1. The molecule has 3 aromatic rings. The number of anilines is 1. The summed E-state index contributed by atoms with van der Waals surface area (Å²) in [6.07, 6.45) is 1.41. The number of ether oxygens (including phenoxy) is 1. The molecule has 2 aliphatic rings. The molecule has 4 amide bonds. The van der Waals surface area contributed by atoms with Gasteiger partial charge in [-0.1, -0.05) is 60.7 Å². The smallest absolute Gasteiger partial charge is 0.328 e. The summed E-state index contributed by atoms with van der Waals surface area (Å²) >= 11 is 0. The summed E-state index contributed by atoms with van der Waals surface area (Å²) in [5.41, 5.74) is 8.67. The molecule has 2 aliphatic heterocycles. The number of likely N-dealkylation sites (tertiary alicyclic amines) is 1. The number of hydrogen-bond acceptors (Lipinski definition) is 7. The minimum atomic E-state index is -0.991. The summed E-state index contributed by atoms with van der Waals surface area (Å²) in [5.74, 6) is -1.97. The molecule has 1 saturated heterocycles. The van der Waals surface area contributed by atoms with Gasteiger partial charge in [-0.25, -0.2) is 4.79 Å². The van der Waals surface area contributed by atoms with Crippen LogP contribution in [0.1, 0.15) is 44.2 Å². The highest BCUT2D eigenvalue weighted by Crippen LogP contribution is 2.27. The molecule has 4 N–H and O–H groups in total. The number of esters is 1. The van der Waals surface area contributed by atoms with E-state index in [1.807, 2.05) is 66.7 Å². The summed E-state index contributed by atoms with van der Waals surface area (Å²) in [5, 5.41) is 7.69. The molecule has 242 valence electrons. The number of benzene rings is 3. The number of rotatable bonds is 10. The maximum atomic E-state index is 14.1. The van der Waals surface area contributed by atoms with Crippen LogP contribution < -0.4 is 21.3 Å². The Labute approximate surface area is 268 Å². The minimum Gasteiger partial charge on any atom is -0.464 e. The average Bonchev–Trinajstić information content (AvgIpc) is 3.38. The predicted molar refractivity (Wildman–Crippen MR) is 174 cm³/mol. The van der Waals surface area contributed by atoms with Crippen molar-refractivity contribution < 1.29 is 28.7 Å². The lowest BCUT2D eigenvalue weighted by atomic mass is 10.0. The maximum Gasteiger partial charge on any atom is 0.328 e. The number of carbonyl (C=O) groups excluding carboxylic acids is 5. The molecular formula is C35H41N5O6. The fourth-order valence-corrected chi connectivity index (χ4v) is 6.38. The Balaban J connectivity index is 1.37. The van der Waals surface area contributed by atoms with Crippen molar-refractivity contribution in [3.05, 3.63) is 77.9 Å². The van der Waals surface area contributed by atoms with Crippen LogP contribution in [0.25, 0.3) is 10.8 Å². The highest BCUT2D eigenvalue weighted by Gasteiger charge is 2.42. The van der Waals surface area contributed by atoms with Crippen molar-refractivity contribution in [2.24, 2.45) is 5.73 Å². The van der Waals surface area contributed by atoms with Gasteiger partial charge in [0.2, 0.25) is 23.6 Å². The second-order valence-electron chi connectivity index (χ2n) is 11.9. The third-order valence-corrected chi connectivity index (χ3v) is 8.55. The summed E-state index contributed by atoms with van der Waals surface area (Å²) in [6.45, 7) is 3.46. The lowest BCUT2D eigenvalue weighted by Crippen LogP contribution is -2.53. The van der Waals surface area contributed by atoms with Crippen LogP contribution in [0.5, 0.6) is 0 Å². The van der Waals surface area contributed by atoms with Gasteiger partial charge in [-0.2, -0.15) is 0 Å².